The van der Waals surface area contributed by atoms with Crippen LogP contribution in [0.4, 0.5) is 4.79 Å². The number of carbonyl (C=O) groups excluding carboxylic acids is 3. The lowest BCUT2D eigenvalue weighted by molar-refractivity contribution is -0.140. The number of rotatable bonds is 16. The SMILES string of the molecule is [2H]C([2H])([2H])N(CC(=O)OC)C(CC(=O)CCCCCCCCCCCCC)=NC(=O)OC(C)(C)C. The first kappa shape index (κ1) is 24.7. The molecule has 7 heteroatoms. The third-order valence-corrected chi connectivity index (χ3v) is 4.85. The van der Waals surface area contributed by atoms with Crippen LogP contribution in [0.15, 0.2) is 4.99 Å². The number of likely N-dealkylation sites (N-methyl/N-ethyl adjacent to an activating group) is 1. The standard InChI is InChI=1S/C25H46N2O5/c1-7-8-9-10-11-12-13-14-15-16-17-18-21(28)19-22(27(5)20-23(29)31-6)26-24(30)32-25(2,3)4/h7-20H2,1-6H3/i5D3. The minimum absolute atomic E-state index is 0.247. The average molecular weight is 458 g/mol. The summed E-state index contributed by atoms with van der Waals surface area (Å²) in [6, 6.07) is 0. The maximum absolute atomic E-state index is 12.6. The molecule has 0 bridgehead atoms. The Morgan fingerprint density at radius 3 is 1.91 bits per heavy atom. The minimum atomic E-state index is -2.80. The van der Waals surface area contributed by atoms with E-state index >= 15 is 0 Å². The number of hydrogen-bond donors (Lipinski definition) is 0. The second-order valence-electron chi connectivity index (χ2n) is 9.17. The van der Waals surface area contributed by atoms with Crippen molar-refractivity contribution in [2.24, 2.45) is 4.99 Å². The molecule has 0 saturated heterocycles. The summed E-state index contributed by atoms with van der Waals surface area (Å²) in [6.45, 7) is 3.69. The van der Waals surface area contributed by atoms with Crippen molar-refractivity contribution >= 4 is 23.7 Å². The summed E-state index contributed by atoms with van der Waals surface area (Å²) < 4.78 is 33.0. The van der Waals surface area contributed by atoms with Crippen molar-refractivity contribution in [1.29, 1.82) is 0 Å². The van der Waals surface area contributed by atoms with Crippen LogP contribution in [0.5, 0.6) is 0 Å². The fourth-order valence-electron chi connectivity index (χ4n) is 3.12. The van der Waals surface area contributed by atoms with Crippen LogP contribution >= 0.6 is 0 Å². The number of carbonyl (C=O) groups is 3. The Morgan fingerprint density at radius 1 is 0.906 bits per heavy atom. The Balaban J connectivity index is 4.87. The molecule has 7 nitrogen and oxygen atoms in total. The first-order valence-corrected chi connectivity index (χ1v) is 12.0. The molecule has 0 aliphatic heterocycles. The average Bonchev–Trinajstić information content (AvgIpc) is 2.73. The fraction of sp³-hybridized carbons (Fsp3) is 0.840. The highest BCUT2D eigenvalue weighted by Gasteiger charge is 2.20. The van der Waals surface area contributed by atoms with Crippen molar-refractivity contribution in [3.05, 3.63) is 0 Å². The number of ketones is 1. The number of amides is 1. The van der Waals surface area contributed by atoms with Gasteiger partial charge in [0.05, 0.1) is 13.5 Å². The largest absolute Gasteiger partial charge is 0.468 e. The van der Waals surface area contributed by atoms with Crippen molar-refractivity contribution in [1.82, 2.24) is 4.90 Å². The highest BCUT2D eigenvalue weighted by molar-refractivity contribution is 6.04. The van der Waals surface area contributed by atoms with Crippen molar-refractivity contribution in [3.63, 3.8) is 0 Å². The van der Waals surface area contributed by atoms with Gasteiger partial charge in [0.2, 0.25) is 0 Å². The summed E-state index contributed by atoms with van der Waals surface area (Å²) >= 11 is 0. The molecule has 0 fully saturated rings. The van der Waals surface area contributed by atoms with Gasteiger partial charge in [-0.2, -0.15) is 4.99 Å². The van der Waals surface area contributed by atoms with Crippen LogP contribution in [0.25, 0.3) is 0 Å². The number of hydrogen-bond acceptors (Lipinski definition) is 5. The van der Waals surface area contributed by atoms with Crippen LogP contribution in [0, 0.1) is 0 Å². The zero-order valence-electron chi connectivity index (χ0n) is 23.8. The van der Waals surface area contributed by atoms with Crippen LogP contribution in [-0.2, 0) is 19.1 Å². The van der Waals surface area contributed by atoms with Gasteiger partial charge in [0.1, 0.15) is 23.8 Å². The number of esters is 1. The third-order valence-electron chi connectivity index (χ3n) is 4.85. The Bertz CT molecular complexity index is 673. The predicted octanol–water partition coefficient (Wildman–Crippen LogP) is 6.09. The zero-order valence-corrected chi connectivity index (χ0v) is 20.8. The van der Waals surface area contributed by atoms with E-state index in [2.05, 4.69) is 16.7 Å². The van der Waals surface area contributed by atoms with Crippen molar-refractivity contribution < 1.29 is 28.0 Å². The number of amidine groups is 1. The van der Waals surface area contributed by atoms with Crippen molar-refractivity contribution in [2.45, 2.75) is 117 Å². The molecular weight excluding hydrogens is 408 g/mol. The van der Waals surface area contributed by atoms with Gasteiger partial charge in [-0.25, -0.2) is 4.79 Å². The van der Waals surface area contributed by atoms with Gasteiger partial charge in [-0.1, -0.05) is 71.1 Å². The van der Waals surface area contributed by atoms with Gasteiger partial charge in [-0.05, 0) is 27.2 Å². The Kier molecular flexibility index (Phi) is 13.6. The Labute approximate surface area is 199 Å². The number of ether oxygens (including phenoxy) is 2. The molecule has 0 rings (SSSR count). The van der Waals surface area contributed by atoms with Crippen molar-refractivity contribution in [2.75, 3.05) is 20.6 Å². The van der Waals surface area contributed by atoms with E-state index in [-0.39, 0.29) is 24.5 Å². The molecular formula is C25H46N2O5. The smallest absolute Gasteiger partial charge is 0.435 e. The first-order valence-electron chi connectivity index (χ1n) is 13.5. The lowest BCUT2D eigenvalue weighted by atomic mass is 10.0. The maximum atomic E-state index is 12.6. The monoisotopic (exact) mass is 457 g/mol. The van der Waals surface area contributed by atoms with Gasteiger partial charge < -0.3 is 14.4 Å². The van der Waals surface area contributed by atoms with E-state index in [0.717, 1.165) is 26.4 Å². The molecule has 0 heterocycles. The zero-order chi connectivity index (χ0) is 26.9. The van der Waals surface area contributed by atoms with Crippen LogP contribution in [0.2, 0.25) is 0 Å². The molecule has 186 valence electrons. The van der Waals surface area contributed by atoms with E-state index in [1.807, 2.05) is 0 Å². The molecule has 0 radical (unpaired) electrons. The molecule has 0 atom stereocenters. The molecule has 0 spiro atoms. The summed E-state index contributed by atoms with van der Waals surface area (Å²) in [5.74, 6) is -1.39. The van der Waals surface area contributed by atoms with Crippen LogP contribution in [-0.4, -0.2) is 54.8 Å². The Hall–Kier alpha value is -1.92. The highest BCUT2D eigenvalue weighted by Crippen LogP contribution is 2.13. The van der Waals surface area contributed by atoms with E-state index < -0.39 is 31.2 Å². The molecule has 0 aliphatic rings. The van der Waals surface area contributed by atoms with Crippen molar-refractivity contribution in [3.8, 4) is 0 Å². The van der Waals surface area contributed by atoms with Gasteiger partial charge in [-0.3, -0.25) is 9.59 Å². The van der Waals surface area contributed by atoms with Crippen LogP contribution in [0.3, 0.4) is 0 Å². The van der Waals surface area contributed by atoms with Gasteiger partial charge in [-0.15, -0.1) is 0 Å². The molecule has 0 aromatic rings. The summed E-state index contributed by atoms with van der Waals surface area (Å²) in [6.07, 6.45) is 11.5. The number of aliphatic imine (C=N–C) groups is 1. The third kappa shape index (κ3) is 17.7. The minimum Gasteiger partial charge on any atom is -0.468 e. The quantitative estimate of drug-likeness (QED) is 0.121. The van der Waals surface area contributed by atoms with Gasteiger partial charge in [0, 0.05) is 17.5 Å². The molecule has 0 aliphatic carbocycles. The fourth-order valence-corrected chi connectivity index (χ4v) is 3.12. The van der Waals surface area contributed by atoms with E-state index in [4.69, 9.17) is 8.85 Å². The normalized spacial score (nSPS) is 13.7. The van der Waals surface area contributed by atoms with E-state index in [1.54, 1.807) is 20.8 Å². The van der Waals surface area contributed by atoms with Gasteiger partial charge in [0.15, 0.2) is 0 Å². The van der Waals surface area contributed by atoms with E-state index in [0.29, 0.717) is 11.3 Å². The molecule has 0 unspecified atom stereocenters. The number of methoxy groups -OCH3 is 1. The summed E-state index contributed by atoms with van der Waals surface area (Å²) in [7, 11) is 1.13. The summed E-state index contributed by atoms with van der Waals surface area (Å²) in [5.41, 5.74) is -0.849. The number of nitrogens with zero attached hydrogens (tertiary/aromatic N) is 2. The highest BCUT2D eigenvalue weighted by atomic mass is 16.6. The van der Waals surface area contributed by atoms with Gasteiger partial charge >= 0.3 is 12.1 Å². The first-order chi connectivity index (χ1) is 16.3. The second-order valence-corrected chi connectivity index (χ2v) is 9.17. The van der Waals surface area contributed by atoms with Gasteiger partial charge in [0.25, 0.3) is 0 Å². The molecule has 0 aromatic carbocycles. The lowest BCUT2D eigenvalue weighted by Gasteiger charge is -2.21. The van der Waals surface area contributed by atoms with Crippen LogP contribution < -0.4 is 0 Å². The van der Waals surface area contributed by atoms with E-state index in [9.17, 15) is 14.4 Å². The maximum Gasteiger partial charge on any atom is 0.435 e. The molecule has 32 heavy (non-hydrogen) atoms. The van der Waals surface area contributed by atoms with E-state index in [1.165, 1.54) is 44.9 Å². The van der Waals surface area contributed by atoms with Crippen LogP contribution in [0.1, 0.15) is 115 Å². The lowest BCUT2D eigenvalue weighted by Crippen LogP contribution is -2.35. The number of unbranched alkanes of at least 4 members (excludes halogenated alkanes) is 10. The Morgan fingerprint density at radius 2 is 1.44 bits per heavy atom. The molecule has 0 aromatic heterocycles. The molecule has 1 amide bonds. The number of Topliss-reactive ketones (excluding diaryl/α,β-unsaturated/α-hetero) is 1. The predicted molar refractivity (Wildman–Crippen MR) is 129 cm³/mol. The molecule has 0 saturated carbocycles. The second kappa shape index (κ2) is 17.6. The molecule has 0 N–H and O–H groups in total. The topological polar surface area (TPSA) is 85.3 Å². The summed E-state index contributed by atoms with van der Waals surface area (Å²) in [5, 5.41) is 0. The summed E-state index contributed by atoms with van der Waals surface area (Å²) in [4.78, 5) is 41.1.